The molecule has 0 aliphatic rings. The minimum Gasteiger partial charge on any atom is -0.494 e. The number of benzene rings is 2. The Bertz CT molecular complexity index is 814. The fourth-order valence-electron chi connectivity index (χ4n) is 2.18. The quantitative estimate of drug-likeness (QED) is 0.572. The Balaban J connectivity index is 2.10. The van der Waals surface area contributed by atoms with Gasteiger partial charge in [0, 0.05) is 16.1 Å². The van der Waals surface area contributed by atoms with Gasteiger partial charge < -0.3 is 15.4 Å². The molecule has 2 amide bonds. The number of methoxy groups -OCH3 is 1. The molecule has 0 radical (unpaired) electrons. The predicted molar refractivity (Wildman–Crippen MR) is 96.7 cm³/mol. The molecule has 1 unspecified atom stereocenters. The van der Waals surface area contributed by atoms with Crippen LogP contribution in [0.1, 0.15) is 18.5 Å². The summed E-state index contributed by atoms with van der Waals surface area (Å²) in [5.74, 6) is 0.182. The summed E-state index contributed by atoms with van der Waals surface area (Å²) in [6.45, 7) is 1.77. The van der Waals surface area contributed by atoms with Gasteiger partial charge in [0.15, 0.2) is 0 Å². The van der Waals surface area contributed by atoms with Gasteiger partial charge in [0.05, 0.1) is 29.8 Å². The number of nitro benzene ring substituents is 1. The van der Waals surface area contributed by atoms with Gasteiger partial charge in [-0.3, -0.25) is 10.1 Å². The molecule has 25 heavy (non-hydrogen) atoms. The van der Waals surface area contributed by atoms with E-state index < -0.39 is 11.0 Å². The van der Waals surface area contributed by atoms with Gasteiger partial charge in [0.1, 0.15) is 5.75 Å². The second-order valence-corrected chi connectivity index (χ2v) is 5.97. The topological polar surface area (TPSA) is 93.5 Å². The Morgan fingerprint density at radius 1 is 1.24 bits per heavy atom. The van der Waals surface area contributed by atoms with Crippen LogP contribution in [-0.4, -0.2) is 18.1 Å². The van der Waals surface area contributed by atoms with E-state index in [1.165, 1.54) is 25.3 Å². The van der Waals surface area contributed by atoms with E-state index in [0.29, 0.717) is 21.3 Å². The van der Waals surface area contributed by atoms with Crippen molar-refractivity contribution < 1.29 is 14.5 Å². The van der Waals surface area contributed by atoms with Gasteiger partial charge in [-0.15, -0.1) is 0 Å². The van der Waals surface area contributed by atoms with E-state index in [1.807, 2.05) is 0 Å². The van der Waals surface area contributed by atoms with Gasteiger partial charge >= 0.3 is 6.03 Å². The molecule has 0 aliphatic heterocycles. The maximum absolute atomic E-state index is 12.2. The molecule has 2 aromatic rings. The molecule has 0 fully saturated rings. The first-order chi connectivity index (χ1) is 11.8. The van der Waals surface area contributed by atoms with Crippen LogP contribution in [0.2, 0.25) is 10.0 Å². The van der Waals surface area contributed by atoms with Crippen molar-refractivity contribution >= 4 is 40.6 Å². The molecule has 0 saturated heterocycles. The van der Waals surface area contributed by atoms with Gasteiger partial charge in [0.2, 0.25) is 0 Å². The van der Waals surface area contributed by atoms with Crippen LogP contribution in [0.5, 0.6) is 5.75 Å². The zero-order valence-corrected chi connectivity index (χ0v) is 14.9. The van der Waals surface area contributed by atoms with E-state index in [9.17, 15) is 14.9 Å². The lowest BCUT2D eigenvalue weighted by molar-refractivity contribution is -0.384. The maximum atomic E-state index is 12.2. The minimum absolute atomic E-state index is 0.135. The number of nitrogens with one attached hydrogen (secondary N) is 2. The first-order valence-electron chi connectivity index (χ1n) is 7.16. The summed E-state index contributed by atoms with van der Waals surface area (Å²) in [7, 11) is 1.36. The van der Waals surface area contributed by atoms with Gasteiger partial charge in [-0.05, 0) is 30.7 Å². The maximum Gasteiger partial charge on any atom is 0.319 e. The number of urea groups is 1. The number of rotatable bonds is 5. The first kappa shape index (κ1) is 18.8. The molecule has 0 spiro atoms. The molecule has 0 heterocycles. The standard InChI is InChI=1S/C16H15Cl2N3O4/c1-9(12-5-3-10(17)7-13(12)18)19-16(22)20-14-6-4-11(21(23)24)8-15(14)25-2/h3-9H,1-2H3,(H2,19,20,22). The number of nitrogens with zero attached hydrogens (tertiary/aromatic N) is 1. The first-order valence-corrected chi connectivity index (χ1v) is 7.92. The normalized spacial score (nSPS) is 11.5. The third kappa shape index (κ3) is 4.74. The zero-order chi connectivity index (χ0) is 18.6. The monoisotopic (exact) mass is 383 g/mol. The molecular weight excluding hydrogens is 369 g/mol. The minimum atomic E-state index is -0.545. The lowest BCUT2D eigenvalue weighted by Crippen LogP contribution is -2.31. The number of halogens is 2. The Labute approximate surface area is 154 Å². The van der Waals surface area contributed by atoms with Crippen molar-refractivity contribution in [2.24, 2.45) is 0 Å². The summed E-state index contributed by atoms with van der Waals surface area (Å²) >= 11 is 12.0. The Morgan fingerprint density at radius 3 is 2.56 bits per heavy atom. The molecular formula is C16H15Cl2N3O4. The number of carbonyl (C=O) groups excluding carboxylic acids is 1. The highest BCUT2D eigenvalue weighted by Crippen LogP contribution is 2.29. The summed E-state index contributed by atoms with van der Waals surface area (Å²) < 4.78 is 5.08. The Kier molecular flexibility index (Phi) is 6.06. The Hall–Kier alpha value is -2.51. The summed E-state index contributed by atoms with van der Waals surface area (Å²) in [6.07, 6.45) is 0. The highest BCUT2D eigenvalue weighted by molar-refractivity contribution is 6.35. The summed E-state index contributed by atoms with van der Waals surface area (Å²) in [6, 6.07) is 8.01. The van der Waals surface area contributed by atoms with E-state index >= 15 is 0 Å². The van der Waals surface area contributed by atoms with E-state index in [0.717, 1.165) is 0 Å². The fraction of sp³-hybridized carbons (Fsp3) is 0.188. The lowest BCUT2D eigenvalue weighted by Gasteiger charge is -2.17. The van der Waals surface area contributed by atoms with Crippen LogP contribution in [0.15, 0.2) is 36.4 Å². The molecule has 1 atom stereocenters. The number of hydrogen-bond donors (Lipinski definition) is 2. The average molecular weight is 384 g/mol. The molecule has 0 aliphatic carbocycles. The van der Waals surface area contributed by atoms with Crippen molar-refractivity contribution in [3.8, 4) is 5.75 Å². The molecule has 0 saturated carbocycles. The van der Waals surface area contributed by atoms with Crippen LogP contribution in [0.4, 0.5) is 16.2 Å². The summed E-state index contributed by atoms with van der Waals surface area (Å²) in [4.78, 5) is 22.4. The average Bonchev–Trinajstić information content (AvgIpc) is 2.54. The summed E-state index contributed by atoms with van der Waals surface area (Å²) in [5, 5.41) is 17.0. The highest BCUT2D eigenvalue weighted by Gasteiger charge is 2.16. The number of non-ortho nitro benzene ring substituents is 1. The molecule has 0 bridgehead atoms. The molecule has 0 aromatic heterocycles. The predicted octanol–water partition coefficient (Wildman–Crippen LogP) is 4.79. The number of anilines is 1. The second kappa shape index (κ2) is 8.04. The number of hydrogen-bond acceptors (Lipinski definition) is 4. The molecule has 2 N–H and O–H groups in total. The third-order valence-corrected chi connectivity index (χ3v) is 3.98. The number of nitro groups is 1. The Morgan fingerprint density at radius 2 is 1.96 bits per heavy atom. The van der Waals surface area contributed by atoms with Crippen LogP contribution in [-0.2, 0) is 0 Å². The van der Waals surface area contributed by atoms with Gasteiger partial charge in [0.25, 0.3) is 5.69 Å². The number of ether oxygens (including phenoxy) is 1. The molecule has 2 aromatic carbocycles. The van der Waals surface area contributed by atoms with Crippen LogP contribution >= 0.6 is 23.2 Å². The lowest BCUT2D eigenvalue weighted by atomic mass is 10.1. The third-order valence-electron chi connectivity index (χ3n) is 3.42. The molecule has 9 heteroatoms. The van der Waals surface area contributed by atoms with Crippen molar-refractivity contribution in [3.05, 3.63) is 62.1 Å². The van der Waals surface area contributed by atoms with Crippen molar-refractivity contribution in [1.82, 2.24) is 5.32 Å². The SMILES string of the molecule is COc1cc([N+](=O)[O-])ccc1NC(=O)NC(C)c1ccc(Cl)cc1Cl. The second-order valence-electron chi connectivity index (χ2n) is 5.13. The van der Waals surface area contributed by atoms with Crippen LogP contribution in [0, 0.1) is 10.1 Å². The molecule has 132 valence electrons. The van der Waals surface area contributed by atoms with Crippen LogP contribution in [0.25, 0.3) is 0 Å². The fourth-order valence-corrected chi connectivity index (χ4v) is 2.75. The highest BCUT2D eigenvalue weighted by atomic mass is 35.5. The van der Waals surface area contributed by atoms with Crippen LogP contribution in [0.3, 0.4) is 0 Å². The zero-order valence-electron chi connectivity index (χ0n) is 13.4. The van der Waals surface area contributed by atoms with E-state index in [-0.39, 0.29) is 17.5 Å². The van der Waals surface area contributed by atoms with E-state index in [4.69, 9.17) is 27.9 Å². The molecule has 7 nitrogen and oxygen atoms in total. The van der Waals surface area contributed by atoms with Gasteiger partial charge in [-0.2, -0.15) is 0 Å². The summed E-state index contributed by atoms with van der Waals surface area (Å²) in [5.41, 5.74) is 0.876. The number of carbonyl (C=O) groups is 1. The van der Waals surface area contributed by atoms with Gasteiger partial charge in [-0.25, -0.2) is 4.79 Å². The van der Waals surface area contributed by atoms with Crippen molar-refractivity contribution in [1.29, 1.82) is 0 Å². The van der Waals surface area contributed by atoms with Crippen molar-refractivity contribution in [3.63, 3.8) is 0 Å². The van der Waals surface area contributed by atoms with Crippen LogP contribution < -0.4 is 15.4 Å². The molecule has 2 rings (SSSR count). The van der Waals surface area contributed by atoms with E-state index in [1.54, 1.807) is 25.1 Å². The smallest absolute Gasteiger partial charge is 0.319 e. The van der Waals surface area contributed by atoms with Crippen molar-refractivity contribution in [2.75, 3.05) is 12.4 Å². The largest absolute Gasteiger partial charge is 0.494 e. The number of amides is 2. The van der Waals surface area contributed by atoms with E-state index in [2.05, 4.69) is 10.6 Å². The van der Waals surface area contributed by atoms with Crippen molar-refractivity contribution in [2.45, 2.75) is 13.0 Å². The van der Waals surface area contributed by atoms with Gasteiger partial charge in [-0.1, -0.05) is 29.3 Å².